The number of aryl methyl sites for hydroxylation is 1. The third kappa shape index (κ3) is 4.57. The Bertz CT molecular complexity index is 1160. The van der Waals surface area contributed by atoms with Gasteiger partial charge in [0.25, 0.3) is 5.91 Å². The Labute approximate surface area is 195 Å². The van der Waals surface area contributed by atoms with Crippen molar-refractivity contribution in [3.8, 4) is 11.5 Å². The summed E-state index contributed by atoms with van der Waals surface area (Å²) < 4.78 is 43.8. The molecule has 34 heavy (non-hydrogen) atoms. The molecule has 3 fully saturated rings. The lowest BCUT2D eigenvalue weighted by Crippen LogP contribution is -2.56. The van der Waals surface area contributed by atoms with Gasteiger partial charge in [-0.2, -0.15) is 13.2 Å². The predicted octanol–water partition coefficient (Wildman–Crippen LogP) is 4.67. The van der Waals surface area contributed by atoms with Crippen LogP contribution in [0.2, 0.25) is 0 Å². The Hall–Kier alpha value is -3.20. The maximum atomic E-state index is 12.7. The molecule has 3 aliphatic heterocycles. The molecule has 3 saturated heterocycles. The maximum Gasteiger partial charge on any atom is 0.416 e. The van der Waals surface area contributed by atoms with E-state index in [-0.39, 0.29) is 23.4 Å². The first-order valence-corrected chi connectivity index (χ1v) is 11.4. The summed E-state index contributed by atoms with van der Waals surface area (Å²) in [5, 5.41) is 2.90. The summed E-state index contributed by atoms with van der Waals surface area (Å²) in [6.45, 7) is 4.15. The Balaban J connectivity index is 1.23. The number of hydrogen-bond acceptors (Lipinski definition) is 5. The normalized spacial score (nSPS) is 24.2. The molecule has 1 aromatic carbocycles. The topological polar surface area (TPSA) is 71.3 Å². The average molecular weight is 470 g/mol. The Morgan fingerprint density at radius 1 is 1.21 bits per heavy atom. The molecule has 9 heteroatoms. The van der Waals surface area contributed by atoms with Gasteiger partial charge in [0.15, 0.2) is 5.76 Å². The molecule has 0 radical (unpaired) electrons. The van der Waals surface area contributed by atoms with Crippen molar-refractivity contribution in [1.29, 1.82) is 0 Å². The molecule has 178 valence electrons. The number of nitrogens with zero attached hydrogens (tertiary/aromatic N) is 3. The Morgan fingerprint density at radius 3 is 2.65 bits per heavy atom. The standard InChI is InChI=1S/C25H25F3N4O2/c1-15-30-21(12-22(31-15)23-3-2-10-34-23)20-14-32-9-8-17(20)11-19(32)13-29-24(33)16-4-6-18(7-5-16)25(26,27)28/h2-7,10,12,17,19-20H,8-9,11,13-14H2,1H3,(H,29,33). The quantitative estimate of drug-likeness (QED) is 0.587. The van der Waals surface area contributed by atoms with Gasteiger partial charge in [0.1, 0.15) is 11.5 Å². The number of alkyl halides is 3. The van der Waals surface area contributed by atoms with Gasteiger partial charge in [-0.15, -0.1) is 0 Å². The second kappa shape index (κ2) is 8.87. The number of piperidine rings is 3. The zero-order valence-electron chi connectivity index (χ0n) is 18.7. The van der Waals surface area contributed by atoms with E-state index in [1.54, 1.807) is 6.26 Å². The van der Waals surface area contributed by atoms with Crippen molar-refractivity contribution in [1.82, 2.24) is 20.2 Å². The van der Waals surface area contributed by atoms with Crippen LogP contribution in [0.5, 0.6) is 0 Å². The lowest BCUT2D eigenvalue weighted by atomic mass is 9.74. The summed E-state index contributed by atoms with van der Waals surface area (Å²) in [7, 11) is 0. The molecule has 5 heterocycles. The van der Waals surface area contributed by atoms with Crippen LogP contribution < -0.4 is 5.32 Å². The highest BCUT2D eigenvalue weighted by atomic mass is 19.4. The van der Waals surface area contributed by atoms with Crippen LogP contribution in [0.15, 0.2) is 53.1 Å². The molecule has 0 saturated carbocycles. The number of aromatic nitrogens is 2. The Morgan fingerprint density at radius 2 is 2.00 bits per heavy atom. The van der Waals surface area contributed by atoms with Crippen LogP contribution in [-0.2, 0) is 6.18 Å². The summed E-state index contributed by atoms with van der Waals surface area (Å²) in [6.07, 6.45) is -0.796. The van der Waals surface area contributed by atoms with Gasteiger partial charge in [-0.05, 0) is 74.7 Å². The molecule has 0 aliphatic carbocycles. The van der Waals surface area contributed by atoms with Gasteiger partial charge in [0.05, 0.1) is 11.8 Å². The monoisotopic (exact) mass is 470 g/mol. The van der Waals surface area contributed by atoms with Crippen molar-refractivity contribution < 1.29 is 22.4 Å². The molecule has 6 nitrogen and oxygen atoms in total. The minimum absolute atomic E-state index is 0.195. The molecule has 2 bridgehead atoms. The molecule has 1 amide bonds. The number of benzene rings is 1. The first-order valence-electron chi connectivity index (χ1n) is 11.4. The highest BCUT2D eigenvalue weighted by Gasteiger charge is 2.41. The molecular formula is C25H25F3N4O2. The minimum Gasteiger partial charge on any atom is -0.463 e. The maximum absolute atomic E-state index is 12.7. The van der Waals surface area contributed by atoms with Crippen LogP contribution >= 0.6 is 0 Å². The number of furan rings is 1. The van der Waals surface area contributed by atoms with Gasteiger partial charge in [-0.25, -0.2) is 9.97 Å². The van der Waals surface area contributed by atoms with E-state index in [2.05, 4.69) is 15.2 Å². The van der Waals surface area contributed by atoms with E-state index >= 15 is 0 Å². The third-order valence-electron chi connectivity index (χ3n) is 6.86. The van der Waals surface area contributed by atoms with Crippen LogP contribution in [0, 0.1) is 12.8 Å². The van der Waals surface area contributed by atoms with Crippen LogP contribution in [0.1, 0.15) is 46.2 Å². The summed E-state index contributed by atoms with van der Waals surface area (Å²) >= 11 is 0. The fraction of sp³-hybridized carbons (Fsp3) is 0.400. The van der Waals surface area contributed by atoms with Crippen molar-refractivity contribution in [2.75, 3.05) is 19.6 Å². The highest BCUT2D eigenvalue weighted by molar-refractivity contribution is 5.94. The fourth-order valence-electron chi connectivity index (χ4n) is 5.14. The van der Waals surface area contributed by atoms with E-state index < -0.39 is 11.7 Å². The summed E-state index contributed by atoms with van der Waals surface area (Å²) in [5.41, 5.74) is 1.26. The average Bonchev–Trinajstić information content (AvgIpc) is 3.37. The van der Waals surface area contributed by atoms with E-state index in [0.29, 0.717) is 18.3 Å². The molecular weight excluding hydrogens is 445 g/mol. The van der Waals surface area contributed by atoms with Crippen molar-refractivity contribution in [3.63, 3.8) is 0 Å². The molecule has 4 unspecified atom stereocenters. The summed E-state index contributed by atoms with van der Waals surface area (Å²) in [6, 6.07) is 10.2. The largest absolute Gasteiger partial charge is 0.463 e. The van der Waals surface area contributed by atoms with E-state index in [0.717, 1.165) is 55.2 Å². The zero-order chi connectivity index (χ0) is 23.9. The van der Waals surface area contributed by atoms with Crippen LogP contribution in [0.3, 0.4) is 0 Å². The van der Waals surface area contributed by atoms with Gasteiger partial charge in [0.2, 0.25) is 0 Å². The third-order valence-corrected chi connectivity index (χ3v) is 6.86. The number of rotatable bonds is 5. The number of carbonyl (C=O) groups excluding carboxylic acids is 1. The van der Waals surface area contributed by atoms with Gasteiger partial charge >= 0.3 is 6.18 Å². The zero-order valence-corrected chi connectivity index (χ0v) is 18.7. The molecule has 0 spiro atoms. The molecule has 2 aromatic heterocycles. The second-order valence-corrected chi connectivity index (χ2v) is 9.03. The van der Waals surface area contributed by atoms with E-state index in [1.165, 1.54) is 12.1 Å². The SMILES string of the molecule is Cc1nc(-c2ccco2)cc(C2CN3CCC2CC3CNC(=O)c2ccc(C(F)(F)F)cc2)n1. The summed E-state index contributed by atoms with van der Waals surface area (Å²) in [5.74, 6) is 1.79. The minimum atomic E-state index is -4.42. The number of hydrogen-bond donors (Lipinski definition) is 1. The van der Waals surface area contributed by atoms with Gasteiger partial charge in [0, 0.05) is 36.3 Å². The van der Waals surface area contributed by atoms with Crippen molar-refractivity contribution in [3.05, 3.63) is 71.4 Å². The fourth-order valence-corrected chi connectivity index (χ4v) is 5.14. The number of amides is 1. The number of nitrogens with one attached hydrogen (secondary N) is 1. The lowest BCUT2D eigenvalue weighted by molar-refractivity contribution is -0.137. The number of carbonyl (C=O) groups is 1. The van der Waals surface area contributed by atoms with Crippen molar-refractivity contribution in [2.24, 2.45) is 5.92 Å². The molecule has 3 aliphatic rings. The predicted molar refractivity (Wildman–Crippen MR) is 119 cm³/mol. The summed E-state index contributed by atoms with van der Waals surface area (Å²) in [4.78, 5) is 24.1. The number of halogens is 3. The van der Waals surface area contributed by atoms with Gasteiger partial charge in [-0.3, -0.25) is 9.69 Å². The first kappa shape index (κ1) is 22.6. The molecule has 1 N–H and O–H groups in total. The molecule has 3 aromatic rings. The van der Waals surface area contributed by atoms with E-state index in [9.17, 15) is 18.0 Å². The van der Waals surface area contributed by atoms with Gasteiger partial charge in [-0.1, -0.05) is 0 Å². The van der Waals surface area contributed by atoms with Crippen LogP contribution in [0.25, 0.3) is 11.5 Å². The molecule has 6 rings (SSSR count). The van der Waals surface area contributed by atoms with E-state index in [4.69, 9.17) is 9.40 Å². The lowest BCUT2D eigenvalue weighted by Gasteiger charge is -2.49. The first-order chi connectivity index (χ1) is 16.3. The highest BCUT2D eigenvalue weighted by Crippen LogP contribution is 2.41. The van der Waals surface area contributed by atoms with Gasteiger partial charge < -0.3 is 9.73 Å². The Kier molecular flexibility index (Phi) is 5.89. The smallest absolute Gasteiger partial charge is 0.416 e. The van der Waals surface area contributed by atoms with Crippen molar-refractivity contribution >= 4 is 5.91 Å². The second-order valence-electron chi connectivity index (χ2n) is 9.03. The van der Waals surface area contributed by atoms with E-state index in [1.807, 2.05) is 25.1 Å². The van der Waals surface area contributed by atoms with Crippen LogP contribution in [-0.4, -0.2) is 46.5 Å². The van der Waals surface area contributed by atoms with Crippen LogP contribution in [0.4, 0.5) is 13.2 Å². The molecule has 4 atom stereocenters. The van der Waals surface area contributed by atoms with Crippen molar-refractivity contribution in [2.45, 2.75) is 37.9 Å². The number of fused-ring (bicyclic) bond motifs is 3.